The Balaban J connectivity index is 1.70. The Morgan fingerprint density at radius 2 is 2.09 bits per heavy atom. The molecule has 1 aliphatic heterocycles. The summed E-state index contributed by atoms with van der Waals surface area (Å²) in [7, 11) is 1.56. The van der Waals surface area contributed by atoms with E-state index >= 15 is 0 Å². The number of amides is 2. The van der Waals surface area contributed by atoms with Crippen LogP contribution >= 0.6 is 0 Å². The van der Waals surface area contributed by atoms with Crippen molar-refractivity contribution < 1.29 is 24.2 Å². The number of aliphatic hydroxyl groups excluding tert-OH is 1. The van der Waals surface area contributed by atoms with Gasteiger partial charge in [-0.3, -0.25) is 14.9 Å². The van der Waals surface area contributed by atoms with Crippen molar-refractivity contribution >= 4 is 29.0 Å². The number of aromatic nitrogens is 1. The van der Waals surface area contributed by atoms with Gasteiger partial charge < -0.3 is 30.3 Å². The normalized spacial score (nSPS) is 20.2. The van der Waals surface area contributed by atoms with Crippen LogP contribution in [0.15, 0.2) is 24.3 Å². The number of hydrogen-bond donors (Lipinski definition) is 5. The van der Waals surface area contributed by atoms with Crippen molar-refractivity contribution in [2.45, 2.75) is 51.4 Å². The van der Waals surface area contributed by atoms with Crippen molar-refractivity contribution in [2.24, 2.45) is 11.8 Å². The Hall–Kier alpha value is -2.91. The van der Waals surface area contributed by atoms with Crippen molar-refractivity contribution in [1.82, 2.24) is 20.9 Å². The monoisotopic (exact) mass is 444 g/mol. The second kappa shape index (κ2) is 10.6. The van der Waals surface area contributed by atoms with E-state index in [9.17, 15) is 19.5 Å². The van der Waals surface area contributed by atoms with Gasteiger partial charge in [0.25, 0.3) is 5.91 Å². The molecule has 32 heavy (non-hydrogen) atoms. The lowest BCUT2D eigenvalue weighted by atomic mass is 9.97. The van der Waals surface area contributed by atoms with E-state index in [1.165, 1.54) is 0 Å². The fourth-order valence-corrected chi connectivity index (χ4v) is 4.11. The van der Waals surface area contributed by atoms with Crippen molar-refractivity contribution in [3.05, 3.63) is 30.0 Å². The molecule has 2 aromatic rings. The number of aliphatic hydroxyl groups is 1. The van der Waals surface area contributed by atoms with E-state index in [0.717, 1.165) is 17.3 Å². The third-order valence-electron chi connectivity index (χ3n) is 5.78. The molecule has 5 N–H and O–H groups in total. The summed E-state index contributed by atoms with van der Waals surface area (Å²) in [4.78, 5) is 40.5. The van der Waals surface area contributed by atoms with Gasteiger partial charge in [0, 0.05) is 16.8 Å². The molecular weight excluding hydrogens is 412 g/mol. The first kappa shape index (κ1) is 23.7. The first-order chi connectivity index (χ1) is 15.3. The van der Waals surface area contributed by atoms with Gasteiger partial charge in [-0.25, -0.2) is 0 Å². The number of methoxy groups -OCH3 is 1. The number of aromatic amines is 1. The van der Waals surface area contributed by atoms with Gasteiger partial charge in [-0.15, -0.1) is 0 Å². The topological polar surface area (TPSA) is 133 Å². The summed E-state index contributed by atoms with van der Waals surface area (Å²) < 4.78 is 5.34. The molecule has 4 atom stereocenters. The fraction of sp³-hybridized carbons (Fsp3) is 0.522. The molecule has 9 nitrogen and oxygen atoms in total. The van der Waals surface area contributed by atoms with Crippen molar-refractivity contribution in [3.63, 3.8) is 0 Å². The second-order valence-corrected chi connectivity index (χ2v) is 8.69. The van der Waals surface area contributed by atoms with Crippen molar-refractivity contribution in [2.75, 3.05) is 13.7 Å². The molecule has 0 bridgehead atoms. The summed E-state index contributed by atoms with van der Waals surface area (Å²) in [6.45, 7) is 4.59. The molecule has 1 aliphatic rings. The minimum absolute atomic E-state index is 0.107. The zero-order chi connectivity index (χ0) is 23.3. The van der Waals surface area contributed by atoms with E-state index in [0.29, 0.717) is 37.1 Å². The van der Waals surface area contributed by atoms with E-state index < -0.39 is 30.1 Å². The molecule has 1 unspecified atom stereocenters. The first-order valence-electron chi connectivity index (χ1n) is 11.0. The van der Waals surface area contributed by atoms with Gasteiger partial charge in [-0.05, 0) is 49.9 Å². The van der Waals surface area contributed by atoms with Crippen LogP contribution in [0.1, 0.15) is 43.6 Å². The molecule has 1 aromatic carbocycles. The largest absolute Gasteiger partial charge is 0.496 e. The van der Waals surface area contributed by atoms with Crippen LogP contribution in [-0.2, 0) is 9.59 Å². The molecule has 9 heteroatoms. The van der Waals surface area contributed by atoms with E-state index in [2.05, 4.69) is 20.9 Å². The highest BCUT2D eigenvalue weighted by molar-refractivity contribution is 6.01. The molecule has 174 valence electrons. The number of nitrogens with one attached hydrogen (secondary N) is 4. The second-order valence-electron chi connectivity index (χ2n) is 8.69. The number of fused-ring (bicyclic) bond motifs is 1. The smallest absolute Gasteiger partial charge is 0.268 e. The molecule has 3 rings (SSSR count). The van der Waals surface area contributed by atoms with E-state index in [4.69, 9.17) is 4.74 Å². The lowest BCUT2D eigenvalue weighted by molar-refractivity contribution is -0.126. The standard InChI is InChI=1S/C23H32N4O5/c1-13(2)9-18(22(30)25-15(12-28)10-14-7-8-24-21(14)29)27-23(31)19-11-16-17(26-19)5-4-6-20(16)32-3/h4-6,11-15,18,21,24,26,29H,7-10H2,1-3H3,(H,25,30)(H,27,31)/t14-,15-,18-,21?/m0/s1. The first-order valence-corrected chi connectivity index (χ1v) is 11.0. The van der Waals surface area contributed by atoms with Gasteiger partial charge in [0.05, 0.1) is 13.2 Å². The van der Waals surface area contributed by atoms with E-state index in [1.54, 1.807) is 13.2 Å². The molecule has 0 saturated carbocycles. The van der Waals surface area contributed by atoms with Crippen LogP contribution in [0.4, 0.5) is 0 Å². The van der Waals surface area contributed by atoms with Crippen LogP contribution in [-0.4, -0.2) is 60.2 Å². The lowest BCUT2D eigenvalue weighted by Gasteiger charge is -2.24. The summed E-state index contributed by atoms with van der Waals surface area (Å²) in [6.07, 6.45) is 1.49. The van der Waals surface area contributed by atoms with Gasteiger partial charge in [-0.1, -0.05) is 19.9 Å². The summed E-state index contributed by atoms with van der Waals surface area (Å²) in [5.41, 5.74) is 1.07. The third kappa shape index (κ3) is 5.66. The average Bonchev–Trinajstić information content (AvgIpc) is 3.38. The molecule has 0 spiro atoms. The fourth-order valence-electron chi connectivity index (χ4n) is 4.11. The van der Waals surface area contributed by atoms with Crippen molar-refractivity contribution in [3.8, 4) is 5.75 Å². The average molecular weight is 445 g/mol. The summed E-state index contributed by atoms with van der Waals surface area (Å²) in [6, 6.07) is 5.63. The van der Waals surface area contributed by atoms with E-state index in [1.807, 2.05) is 32.0 Å². The molecule has 2 heterocycles. The van der Waals surface area contributed by atoms with Crippen LogP contribution in [0.3, 0.4) is 0 Å². The van der Waals surface area contributed by atoms with Gasteiger partial charge in [-0.2, -0.15) is 0 Å². The Labute approximate surface area is 187 Å². The minimum Gasteiger partial charge on any atom is -0.496 e. The summed E-state index contributed by atoms with van der Waals surface area (Å²) >= 11 is 0. The Morgan fingerprint density at radius 3 is 2.72 bits per heavy atom. The Morgan fingerprint density at radius 1 is 1.31 bits per heavy atom. The highest BCUT2D eigenvalue weighted by atomic mass is 16.5. The number of hydrogen-bond acceptors (Lipinski definition) is 6. The maximum Gasteiger partial charge on any atom is 0.268 e. The summed E-state index contributed by atoms with van der Waals surface area (Å²) in [5.74, 6) is -0.151. The number of benzene rings is 1. The maximum absolute atomic E-state index is 12.9. The van der Waals surface area contributed by atoms with Gasteiger partial charge in [0.15, 0.2) is 0 Å². The molecule has 1 saturated heterocycles. The summed E-state index contributed by atoms with van der Waals surface area (Å²) in [5, 5.41) is 19.1. The molecule has 0 radical (unpaired) electrons. The molecule has 2 amide bonds. The van der Waals surface area contributed by atoms with Crippen molar-refractivity contribution in [1.29, 1.82) is 0 Å². The van der Waals surface area contributed by atoms with Crippen LogP contribution < -0.4 is 20.7 Å². The van der Waals surface area contributed by atoms with Crippen LogP contribution in [0, 0.1) is 11.8 Å². The zero-order valence-corrected chi connectivity index (χ0v) is 18.7. The van der Waals surface area contributed by atoms with E-state index in [-0.39, 0.29) is 11.8 Å². The number of aldehydes is 1. The quantitative estimate of drug-likeness (QED) is 0.351. The highest BCUT2D eigenvalue weighted by Gasteiger charge is 2.30. The Kier molecular flexibility index (Phi) is 7.87. The predicted molar refractivity (Wildman–Crippen MR) is 120 cm³/mol. The van der Waals surface area contributed by atoms with Gasteiger partial charge in [0.2, 0.25) is 5.91 Å². The van der Waals surface area contributed by atoms with Crippen LogP contribution in [0.5, 0.6) is 5.75 Å². The predicted octanol–water partition coefficient (Wildman–Crippen LogP) is 1.32. The third-order valence-corrected chi connectivity index (χ3v) is 5.78. The number of carbonyl (C=O) groups excluding carboxylic acids is 3. The number of H-pyrrole nitrogens is 1. The SMILES string of the molecule is COc1cccc2[nH]c(C(=O)N[C@@H](CC(C)C)C(=O)N[C@H](C=O)C[C@@H]3CCNC3O)cc12. The highest BCUT2D eigenvalue weighted by Crippen LogP contribution is 2.26. The molecule has 1 fully saturated rings. The lowest BCUT2D eigenvalue weighted by Crippen LogP contribution is -2.51. The zero-order valence-electron chi connectivity index (χ0n) is 18.7. The maximum atomic E-state index is 12.9. The molecular formula is C23H32N4O5. The Bertz CT molecular complexity index is 957. The molecule has 0 aliphatic carbocycles. The van der Waals surface area contributed by atoms with Crippen LogP contribution in [0.25, 0.3) is 10.9 Å². The number of rotatable bonds is 10. The number of ether oxygens (including phenoxy) is 1. The minimum atomic E-state index is -0.801. The van der Waals surface area contributed by atoms with Crippen LogP contribution in [0.2, 0.25) is 0 Å². The van der Waals surface area contributed by atoms with Gasteiger partial charge >= 0.3 is 0 Å². The molecule has 1 aromatic heterocycles. The van der Waals surface area contributed by atoms with Gasteiger partial charge in [0.1, 0.15) is 30.0 Å². The number of carbonyl (C=O) groups is 3.